The largest absolute Gasteiger partial charge is 0.491 e. The van der Waals surface area contributed by atoms with Gasteiger partial charge in [0.25, 0.3) is 5.91 Å². The second-order valence-corrected chi connectivity index (χ2v) is 4.51. The molecule has 0 fully saturated rings. The van der Waals surface area contributed by atoms with Gasteiger partial charge >= 0.3 is 0 Å². The number of rotatable bonds is 4. The van der Waals surface area contributed by atoms with Crippen molar-refractivity contribution < 1.29 is 13.9 Å². The number of amides is 1. The third-order valence-electron chi connectivity index (χ3n) is 2.47. The lowest BCUT2D eigenvalue weighted by atomic mass is 10.2. The molecule has 0 aliphatic rings. The Morgan fingerprint density at radius 2 is 1.90 bits per heavy atom. The Morgan fingerprint density at radius 1 is 1.20 bits per heavy atom. The summed E-state index contributed by atoms with van der Waals surface area (Å²) in [7, 11) is 0. The van der Waals surface area contributed by atoms with E-state index in [2.05, 4.69) is 10.3 Å². The molecular formula is C15H15FN2O2. The van der Waals surface area contributed by atoms with Crippen LogP contribution in [0.2, 0.25) is 0 Å². The van der Waals surface area contributed by atoms with Gasteiger partial charge in [-0.15, -0.1) is 0 Å². The normalized spacial score (nSPS) is 10.4. The minimum Gasteiger partial charge on any atom is -0.491 e. The quantitative estimate of drug-likeness (QED) is 0.871. The highest BCUT2D eigenvalue weighted by atomic mass is 19.1. The van der Waals surface area contributed by atoms with Crippen molar-refractivity contribution in [2.75, 3.05) is 5.32 Å². The summed E-state index contributed by atoms with van der Waals surface area (Å²) in [5.41, 5.74) is 0.935. The van der Waals surface area contributed by atoms with E-state index in [0.29, 0.717) is 11.3 Å². The Morgan fingerprint density at radius 3 is 2.45 bits per heavy atom. The van der Waals surface area contributed by atoms with Gasteiger partial charge in [-0.2, -0.15) is 4.39 Å². The molecule has 5 heteroatoms. The standard InChI is InChI=1S/C15H15FN2O2/c1-10(2)20-13-6-4-12(5-7-13)18-15(19)11-3-8-14(16)17-9-11/h3-10H,1-2H3,(H,18,19). The first-order valence-corrected chi connectivity index (χ1v) is 6.24. The molecule has 2 aromatic rings. The maximum atomic E-state index is 12.7. The Balaban J connectivity index is 2.02. The summed E-state index contributed by atoms with van der Waals surface area (Å²) in [6, 6.07) is 9.57. The van der Waals surface area contributed by atoms with E-state index in [4.69, 9.17) is 4.74 Å². The predicted octanol–water partition coefficient (Wildman–Crippen LogP) is 3.26. The van der Waals surface area contributed by atoms with Crippen LogP contribution < -0.4 is 10.1 Å². The topological polar surface area (TPSA) is 51.2 Å². The molecule has 0 unspecified atom stereocenters. The molecular weight excluding hydrogens is 259 g/mol. The van der Waals surface area contributed by atoms with Crippen LogP contribution in [0, 0.1) is 5.95 Å². The van der Waals surface area contributed by atoms with Crippen LogP contribution in [-0.4, -0.2) is 17.0 Å². The highest BCUT2D eigenvalue weighted by molar-refractivity contribution is 6.04. The summed E-state index contributed by atoms with van der Waals surface area (Å²) >= 11 is 0. The van der Waals surface area contributed by atoms with E-state index in [1.165, 1.54) is 12.3 Å². The van der Waals surface area contributed by atoms with Crippen molar-refractivity contribution in [2.45, 2.75) is 20.0 Å². The average Bonchev–Trinajstić information content (AvgIpc) is 2.41. The SMILES string of the molecule is CC(C)Oc1ccc(NC(=O)c2ccc(F)nc2)cc1. The van der Waals surface area contributed by atoms with E-state index >= 15 is 0 Å². The molecule has 0 saturated heterocycles. The van der Waals surface area contributed by atoms with Gasteiger partial charge in [0, 0.05) is 11.9 Å². The third kappa shape index (κ3) is 3.78. The molecule has 4 nitrogen and oxygen atoms in total. The van der Waals surface area contributed by atoms with Crippen LogP contribution in [-0.2, 0) is 0 Å². The van der Waals surface area contributed by atoms with Crippen LogP contribution in [0.1, 0.15) is 24.2 Å². The van der Waals surface area contributed by atoms with Gasteiger partial charge < -0.3 is 10.1 Å². The predicted molar refractivity (Wildman–Crippen MR) is 74.4 cm³/mol. The van der Waals surface area contributed by atoms with Crippen LogP contribution in [0.3, 0.4) is 0 Å². The van der Waals surface area contributed by atoms with Crippen LogP contribution in [0.15, 0.2) is 42.6 Å². The molecule has 104 valence electrons. The molecule has 0 radical (unpaired) electrons. The van der Waals surface area contributed by atoms with Crippen molar-refractivity contribution in [1.29, 1.82) is 0 Å². The zero-order valence-corrected chi connectivity index (χ0v) is 11.3. The molecule has 0 saturated carbocycles. The lowest BCUT2D eigenvalue weighted by molar-refractivity contribution is 0.102. The molecule has 1 aromatic carbocycles. The molecule has 0 spiro atoms. The van der Waals surface area contributed by atoms with Gasteiger partial charge in [-0.1, -0.05) is 0 Å². The minimum atomic E-state index is -0.614. The number of ether oxygens (including phenoxy) is 1. The molecule has 0 aliphatic heterocycles. The summed E-state index contributed by atoms with van der Waals surface area (Å²) in [6.07, 6.45) is 1.29. The molecule has 0 atom stereocenters. The first-order chi connectivity index (χ1) is 9.54. The van der Waals surface area contributed by atoms with Gasteiger partial charge in [0.15, 0.2) is 0 Å². The lowest BCUT2D eigenvalue weighted by Crippen LogP contribution is -2.12. The third-order valence-corrected chi connectivity index (χ3v) is 2.47. The number of benzene rings is 1. The van der Waals surface area contributed by atoms with E-state index < -0.39 is 5.95 Å². The first-order valence-electron chi connectivity index (χ1n) is 6.24. The van der Waals surface area contributed by atoms with Gasteiger partial charge in [-0.05, 0) is 50.2 Å². The number of aromatic nitrogens is 1. The zero-order valence-electron chi connectivity index (χ0n) is 11.3. The maximum Gasteiger partial charge on any atom is 0.257 e. The number of nitrogens with zero attached hydrogens (tertiary/aromatic N) is 1. The number of hydrogen-bond acceptors (Lipinski definition) is 3. The van der Waals surface area contributed by atoms with Crippen LogP contribution in [0.4, 0.5) is 10.1 Å². The monoisotopic (exact) mass is 274 g/mol. The van der Waals surface area contributed by atoms with Crippen LogP contribution in [0.5, 0.6) is 5.75 Å². The van der Waals surface area contributed by atoms with E-state index in [1.54, 1.807) is 24.3 Å². The van der Waals surface area contributed by atoms with E-state index in [0.717, 1.165) is 11.8 Å². The van der Waals surface area contributed by atoms with Crippen molar-refractivity contribution in [2.24, 2.45) is 0 Å². The number of pyridine rings is 1. The zero-order chi connectivity index (χ0) is 14.5. The molecule has 1 aromatic heterocycles. The number of hydrogen-bond donors (Lipinski definition) is 1. The van der Waals surface area contributed by atoms with Gasteiger partial charge in [0.2, 0.25) is 5.95 Å². The number of carbonyl (C=O) groups excluding carboxylic acids is 1. The first kappa shape index (κ1) is 14.0. The van der Waals surface area contributed by atoms with Gasteiger partial charge in [0.05, 0.1) is 11.7 Å². The van der Waals surface area contributed by atoms with Crippen molar-refractivity contribution in [3.63, 3.8) is 0 Å². The fourth-order valence-electron chi connectivity index (χ4n) is 1.60. The molecule has 20 heavy (non-hydrogen) atoms. The summed E-state index contributed by atoms with van der Waals surface area (Å²) in [5, 5.41) is 2.70. The summed E-state index contributed by atoms with van der Waals surface area (Å²) < 4.78 is 18.2. The Labute approximate surface area is 116 Å². The lowest BCUT2D eigenvalue weighted by Gasteiger charge is -2.10. The molecule has 1 heterocycles. The van der Waals surface area contributed by atoms with Gasteiger partial charge in [-0.3, -0.25) is 4.79 Å². The van der Waals surface area contributed by atoms with Crippen molar-refractivity contribution in [1.82, 2.24) is 4.98 Å². The Kier molecular flexibility index (Phi) is 4.30. The van der Waals surface area contributed by atoms with E-state index in [1.807, 2.05) is 13.8 Å². The highest BCUT2D eigenvalue weighted by Gasteiger charge is 2.07. The number of nitrogens with one attached hydrogen (secondary N) is 1. The van der Waals surface area contributed by atoms with Crippen LogP contribution in [0.25, 0.3) is 0 Å². The van der Waals surface area contributed by atoms with E-state index in [9.17, 15) is 9.18 Å². The second-order valence-electron chi connectivity index (χ2n) is 4.51. The fraction of sp³-hybridized carbons (Fsp3) is 0.200. The molecule has 0 aliphatic carbocycles. The van der Waals surface area contributed by atoms with Gasteiger partial charge in [-0.25, -0.2) is 4.98 Å². The smallest absolute Gasteiger partial charge is 0.257 e. The van der Waals surface area contributed by atoms with Crippen LogP contribution >= 0.6 is 0 Å². The van der Waals surface area contributed by atoms with Gasteiger partial charge in [0.1, 0.15) is 5.75 Å². The highest BCUT2D eigenvalue weighted by Crippen LogP contribution is 2.17. The van der Waals surface area contributed by atoms with E-state index in [-0.39, 0.29) is 12.0 Å². The fourth-order valence-corrected chi connectivity index (χ4v) is 1.60. The molecule has 2 rings (SSSR count). The Bertz CT molecular complexity index is 580. The van der Waals surface area contributed by atoms with Crippen molar-refractivity contribution >= 4 is 11.6 Å². The van der Waals surface area contributed by atoms with Crippen molar-refractivity contribution in [3.8, 4) is 5.75 Å². The second kappa shape index (κ2) is 6.14. The number of halogens is 1. The minimum absolute atomic E-state index is 0.0979. The Hall–Kier alpha value is -2.43. The number of anilines is 1. The average molecular weight is 274 g/mol. The summed E-state index contributed by atoms with van der Waals surface area (Å²) in [4.78, 5) is 15.3. The summed E-state index contributed by atoms with van der Waals surface area (Å²) in [6.45, 7) is 3.88. The molecule has 1 amide bonds. The van der Waals surface area contributed by atoms with Crippen molar-refractivity contribution in [3.05, 3.63) is 54.1 Å². The maximum absolute atomic E-state index is 12.7. The molecule has 1 N–H and O–H groups in total. The number of carbonyl (C=O) groups is 1. The summed E-state index contributed by atoms with van der Waals surface area (Å²) in [5.74, 6) is -0.215. The molecule has 0 bridgehead atoms.